The first-order chi connectivity index (χ1) is 8.01. The third-order valence-electron chi connectivity index (χ3n) is 2.10. The van der Waals surface area contributed by atoms with Gasteiger partial charge in [-0.2, -0.15) is 0 Å². The predicted molar refractivity (Wildman–Crippen MR) is 64.4 cm³/mol. The number of nitrogens with two attached hydrogens (primary N) is 1. The Hall–Kier alpha value is -1.37. The molecule has 0 radical (unpaired) electrons. The van der Waals surface area contributed by atoms with Crippen LogP contribution >= 0.6 is 11.3 Å². The lowest BCUT2D eigenvalue weighted by atomic mass is 10.2. The molecule has 0 saturated carbocycles. The fourth-order valence-corrected chi connectivity index (χ4v) is 2.39. The largest absolute Gasteiger partial charge is 0.492 e. The number of Topliss-reactive ketones (excluding diaryl/α,β-unsaturated/α-hetero) is 1. The maximum Gasteiger partial charge on any atom is 0.255 e. The summed E-state index contributed by atoms with van der Waals surface area (Å²) in [6, 6.07) is 0. The van der Waals surface area contributed by atoms with E-state index < -0.39 is 13.0 Å². The summed E-state index contributed by atoms with van der Waals surface area (Å²) in [4.78, 5) is 11.9. The third kappa shape index (κ3) is 3.06. The number of hydrogen-bond acceptors (Lipinski definition) is 5. The van der Waals surface area contributed by atoms with E-state index in [1.54, 1.807) is 6.92 Å². The van der Waals surface area contributed by atoms with Crippen LogP contribution in [0.5, 0.6) is 5.75 Å². The van der Waals surface area contributed by atoms with Gasteiger partial charge < -0.3 is 15.8 Å². The van der Waals surface area contributed by atoms with Crippen LogP contribution in [0.4, 0.5) is 19.5 Å². The van der Waals surface area contributed by atoms with Crippen LogP contribution in [0, 0.1) is 0 Å². The molecule has 3 N–H and O–H groups in total. The Morgan fingerprint density at radius 2 is 2.24 bits per heavy atom. The zero-order valence-corrected chi connectivity index (χ0v) is 10.4. The van der Waals surface area contributed by atoms with E-state index in [0.717, 1.165) is 11.3 Å². The van der Waals surface area contributed by atoms with Crippen molar-refractivity contribution in [1.82, 2.24) is 0 Å². The van der Waals surface area contributed by atoms with Crippen LogP contribution in [-0.2, 0) is 0 Å². The normalized spacial score (nSPS) is 10.6. The van der Waals surface area contributed by atoms with Crippen molar-refractivity contribution < 1.29 is 18.3 Å². The molecule has 0 spiro atoms. The van der Waals surface area contributed by atoms with Crippen molar-refractivity contribution in [3.63, 3.8) is 0 Å². The van der Waals surface area contributed by atoms with Crippen molar-refractivity contribution >= 4 is 27.8 Å². The number of alkyl halides is 2. The Morgan fingerprint density at radius 3 is 2.71 bits per heavy atom. The van der Waals surface area contributed by atoms with Gasteiger partial charge in [-0.15, -0.1) is 11.3 Å². The van der Waals surface area contributed by atoms with Crippen molar-refractivity contribution in [1.29, 1.82) is 0 Å². The minimum atomic E-state index is -2.48. The average molecular weight is 264 g/mol. The Balaban J connectivity index is 3.00. The molecule has 0 saturated heterocycles. The molecule has 0 aliphatic carbocycles. The smallest absolute Gasteiger partial charge is 0.255 e. The van der Waals surface area contributed by atoms with Crippen molar-refractivity contribution in [3.05, 3.63) is 4.88 Å². The number of ketones is 1. The number of ether oxygens (including phenoxy) is 1. The van der Waals surface area contributed by atoms with Gasteiger partial charge in [0.2, 0.25) is 0 Å². The molecule has 1 rings (SSSR count). The lowest BCUT2D eigenvalue weighted by molar-refractivity contribution is 0.0992. The van der Waals surface area contributed by atoms with Crippen LogP contribution in [0.25, 0.3) is 0 Å². The maximum absolute atomic E-state index is 12.1. The highest BCUT2D eigenvalue weighted by Crippen LogP contribution is 2.42. The molecule has 0 unspecified atom stereocenters. The van der Waals surface area contributed by atoms with E-state index in [2.05, 4.69) is 5.32 Å². The van der Waals surface area contributed by atoms with Crippen LogP contribution in [-0.4, -0.2) is 25.9 Å². The third-order valence-corrected chi connectivity index (χ3v) is 3.28. The molecule has 0 atom stereocenters. The summed E-state index contributed by atoms with van der Waals surface area (Å²) < 4.78 is 29.2. The Kier molecular flexibility index (Phi) is 4.68. The minimum Gasteiger partial charge on any atom is -0.492 e. The zero-order valence-electron chi connectivity index (χ0n) is 9.55. The second-order valence-corrected chi connectivity index (χ2v) is 4.28. The molecular weight excluding hydrogens is 250 g/mol. The standard InChI is InChI=1S/C10H14F2N2O2S/c1-3-5(15)9-7(13)8(16-2)10(17-9)14-4-6(11)12/h6,14H,3-4,13H2,1-2H3. The van der Waals surface area contributed by atoms with Crippen LogP contribution in [0.15, 0.2) is 0 Å². The average Bonchev–Trinajstić information content (AvgIpc) is 2.62. The molecule has 0 fully saturated rings. The highest BCUT2D eigenvalue weighted by molar-refractivity contribution is 7.19. The van der Waals surface area contributed by atoms with Gasteiger partial charge >= 0.3 is 0 Å². The van der Waals surface area contributed by atoms with Crippen molar-refractivity contribution in [2.45, 2.75) is 19.8 Å². The fraction of sp³-hybridized carbons (Fsp3) is 0.500. The molecule has 0 bridgehead atoms. The number of anilines is 2. The number of hydrogen-bond donors (Lipinski definition) is 2. The number of nitrogens with one attached hydrogen (secondary N) is 1. The molecule has 1 heterocycles. The van der Waals surface area contributed by atoms with Gasteiger partial charge in [0, 0.05) is 6.42 Å². The molecule has 0 aromatic carbocycles. The molecule has 0 aliphatic rings. The van der Waals surface area contributed by atoms with Gasteiger partial charge in [0.25, 0.3) is 6.43 Å². The number of carbonyl (C=O) groups is 1. The van der Waals surface area contributed by atoms with E-state index in [4.69, 9.17) is 10.5 Å². The van der Waals surface area contributed by atoms with Crippen molar-refractivity contribution in [2.24, 2.45) is 0 Å². The Labute approximate surface area is 102 Å². The van der Waals surface area contributed by atoms with Gasteiger partial charge in [0.15, 0.2) is 11.5 Å². The Bertz CT molecular complexity index is 407. The Morgan fingerprint density at radius 1 is 1.59 bits per heavy atom. The summed E-state index contributed by atoms with van der Waals surface area (Å²) in [7, 11) is 1.38. The van der Waals surface area contributed by atoms with Crippen LogP contribution in [0.2, 0.25) is 0 Å². The van der Waals surface area contributed by atoms with Crippen molar-refractivity contribution in [3.8, 4) is 5.75 Å². The highest BCUT2D eigenvalue weighted by Gasteiger charge is 2.21. The molecular formula is C10H14F2N2O2S. The first-order valence-electron chi connectivity index (χ1n) is 5.02. The predicted octanol–water partition coefficient (Wildman–Crippen LogP) is 2.61. The van der Waals surface area contributed by atoms with E-state index >= 15 is 0 Å². The monoisotopic (exact) mass is 264 g/mol. The number of methoxy groups -OCH3 is 1. The first kappa shape index (κ1) is 13.7. The molecule has 0 amide bonds. The summed E-state index contributed by atoms with van der Waals surface area (Å²) >= 11 is 1.04. The topological polar surface area (TPSA) is 64.3 Å². The zero-order chi connectivity index (χ0) is 13.0. The number of rotatable bonds is 6. The van der Waals surface area contributed by atoms with Gasteiger partial charge in [0.1, 0.15) is 5.00 Å². The first-order valence-corrected chi connectivity index (χ1v) is 5.84. The van der Waals surface area contributed by atoms with Gasteiger partial charge in [-0.1, -0.05) is 6.92 Å². The molecule has 0 aliphatic heterocycles. The molecule has 7 heteroatoms. The highest BCUT2D eigenvalue weighted by atomic mass is 32.1. The number of thiophene rings is 1. The van der Waals surface area contributed by atoms with Crippen LogP contribution in [0.1, 0.15) is 23.0 Å². The van der Waals surface area contributed by atoms with E-state index in [9.17, 15) is 13.6 Å². The molecule has 1 aromatic heterocycles. The second kappa shape index (κ2) is 5.81. The van der Waals surface area contributed by atoms with E-state index in [1.165, 1.54) is 7.11 Å². The second-order valence-electron chi connectivity index (χ2n) is 3.26. The van der Waals surface area contributed by atoms with Gasteiger partial charge in [0.05, 0.1) is 24.2 Å². The lowest BCUT2D eigenvalue weighted by Crippen LogP contribution is -2.09. The summed E-state index contributed by atoms with van der Waals surface area (Å²) in [5, 5.41) is 2.88. The number of halogens is 2. The quantitative estimate of drug-likeness (QED) is 0.775. The minimum absolute atomic E-state index is 0.129. The fourth-order valence-electron chi connectivity index (χ4n) is 1.29. The maximum atomic E-state index is 12.1. The summed E-state index contributed by atoms with van der Waals surface area (Å²) in [6.07, 6.45) is -2.17. The van der Waals surface area contributed by atoms with Gasteiger partial charge in [-0.3, -0.25) is 4.79 Å². The number of carbonyl (C=O) groups excluding carboxylic acids is 1. The van der Waals surface area contributed by atoms with Crippen LogP contribution < -0.4 is 15.8 Å². The van der Waals surface area contributed by atoms with Crippen molar-refractivity contribution in [2.75, 3.05) is 24.7 Å². The molecule has 4 nitrogen and oxygen atoms in total. The van der Waals surface area contributed by atoms with Gasteiger partial charge in [-0.05, 0) is 0 Å². The van der Waals surface area contributed by atoms with E-state index in [0.29, 0.717) is 16.3 Å². The van der Waals surface area contributed by atoms with E-state index in [1.807, 2.05) is 0 Å². The van der Waals surface area contributed by atoms with E-state index in [-0.39, 0.29) is 17.2 Å². The summed E-state index contributed by atoms with van der Waals surface area (Å²) in [5.41, 5.74) is 5.94. The van der Waals surface area contributed by atoms with Crippen LogP contribution in [0.3, 0.4) is 0 Å². The SMILES string of the molecule is CCC(=O)c1sc(NCC(F)F)c(OC)c1N. The summed E-state index contributed by atoms with van der Waals surface area (Å²) in [5.74, 6) is 0.128. The molecule has 17 heavy (non-hydrogen) atoms. The molecule has 1 aromatic rings. The molecule has 96 valence electrons. The van der Waals surface area contributed by atoms with Gasteiger partial charge in [-0.25, -0.2) is 8.78 Å². The summed E-state index contributed by atoms with van der Waals surface area (Å²) in [6.45, 7) is 1.20. The number of nitrogen functional groups attached to an aromatic ring is 1. The lowest BCUT2D eigenvalue weighted by Gasteiger charge is -2.05.